The van der Waals surface area contributed by atoms with Crippen molar-refractivity contribution in [2.24, 2.45) is 23.7 Å². The van der Waals surface area contributed by atoms with Gasteiger partial charge in [-0.2, -0.15) is 0 Å². The molecule has 0 heteroatoms. The van der Waals surface area contributed by atoms with Gasteiger partial charge < -0.3 is 0 Å². The zero-order chi connectivity index (χ0) is 9.14. The Bertz CT molecular complexity index is 120. The van der Waals surface area contributed by atoms with Crippen LogP contribution < -0.4 is 0 Å². The van der Waals surface area contributed by atoms with E-state index in [1.165, 1.54) is 25.7 Å². The van der Waals surface area contributed by atoms with Crippen LogP contribution in [0.15, 0.2) is 0 Å². The molecule has 1 rings (SSSR count). The van der Waals surface area contributed by atoms with Gasteiger partial charge in [-0.05, 0) is 36.5 Å². The summed E-state index contributed by atoms with van der Waals surface area (Å²) in [6, 6.07) is 0. The topological polar surface area (TPSA) is 0 Å². The fourth-order valence-corrected chi connectivity index (χ4v) is 2.55. The highest BCUT2D eigenvalue weighted by molar-refractivity contribution is 4.83. The van der Waals surface area contributed by atoms with Crippen LogP contribution in [0.25, 0.3) is 0 Å². The molecule has 1 saturated carbocycles. The fraction of sp³-hybridized carbons (Fsp3) is 1.00. The molecule has 0 radical (unpaired) electrons. The summed E-state index contributed by atoms with van der Waals surface area (Å²) in [7, 11) is 0. The molecule has 0 aromatic rings. The second-order valence-electron chi connectivity index (χ2n) is 4.94. The van der Waals surface area contributed by atoms with Gasteiger partial charge in [0.15, 0.2) is 0 Å². The monoisotopic (exact) mass is 168 g/mol. The van der Waals surface area contributed by atoms with Crippen LogP contribution >= 0.6 is 0 Å². The molecule has 3 unspecified atom stereocenters. The van der Waals surface area contributed by atoms with Crippen LogP contribution in [0.1, 0.15) is 53.4 Å². The molecule has 0 aliphatic heterocycles. The van der Waals surface area contributed by atoms with Crippen molar-refractivity contribution in [2.75, 3.05) is 0 Å². The molecule has 3 atom stereocenters. The first-order chi connectivity index (χ1) is 5.65. The van der Waals surface area contributed by atoms with Crippen LogP contribution in [0.4, 0.5) is 0 Å². The number of hydrogen-bond donors (Lipinski definition) is 0. The Labute approximate surface area is 77.7 Å². The minimum Gasteiger partial charge on any atom is -0.0651 e. The number of hydrogen-bond acceptors (Lipinski definition) is 0. The predicted molar refractivity (Wildman–Crippen MR) is 55.1 cm³/mol. The van der Waals surface area contributed by atoms with E-state index in [4.69, 9.17) is 0 Å². The van der Waals surface area contributed by atoms with Crippen LogP contribution in [-0.2, 0) is 0 Å². The summed E-state index contributed by atoms with van der Waals surface area (Å²) in [5.41, 5.74) is 0. The Hall–Kier alpha value is 0. The Balaban J connectivity index is 2.14. The average molecular weight is 168 g/mol. The normalized spacial score (nSPS) is 37.5. The van der Waals surface area contributed by atoms with E-state index in [1.54, 1.807) is 0 Å². The van der Waals surface area contributed by atoms with E-state index in [2.05, 4.69) is 27.7 Å². The maximum absolute atomic E-state index is 2.42. The summed E-state index contributed by atoms with van der Waals surface area (Å²) in [6.45, 7) is 9.52. The molecule has 1 aliphatic carbocycles. The largest absolute Gasteiger partial charge is 0.0651 e. The second kappa shape index (κ2) is 4.30. The molecule has 0 nitrogen and oxygen atoms in total. The molecule has 0 heterocycles. The van der Waals surface area contributed by atoms with E-state index in [0.717, 1.165) is 23.7 Å². The lowest BCUT2D eigenvalue weighted by molar-refractivity contribution is 0.0858. The Morgan fingerprint density at radius 2 is 1.83 bits per heavy atom. The average Bonchev–Trinajstić information content (AvgIpc) is 2.04. The van der Waals surface area contributed by atoms with Crippen LogP contribution in [0.5, 0.6) is 0 Å². The highest BCUT2D eigenvalue weighted by Gasteiger charge is 2.33. The third kappa shape index (κ3) is 2.24. The zero-order valence-electron chi connectivity index (χ0n) is 9.14. The molecular weight excluding hydrogens is 144 g/mol. The summed E-state index contributed by atoms with van der Waals surface area (Å²) in [5, 5.41) is 0. The van der Waals surface area contributed by atoms with Gasteiger partial charge in [0, 0.05) is 0 Å². The molecule has 0 bridgehead atoms. The van der Waals surface area contributed by atoms with Crippen molar-refractivity contribution in [3.63, 3.8) is 0 Å². The first-order valence-corrected chi connectivity index (χ1v) is 5.65. The molecule has 0 spiro atoms. The van der Waals surface area contributed by atoms with E-state index in [1.807, 2.05) is 0 Å². The molecular formula is C12H24. The van der Waals surface area contributed by atoms with E-state index < -0.39 is 0 Å². The van der Waals surface area contributed by atoms with Gasteiger partial charge in [0.1, 0.15) is 0 Å². The zero-order valence-corrected chi connectivity index (χ0v) is 9.14. The lowest BCUT2D eigenvalue weighted by atomic mass is 9.64. The second-order valence-corrected chi connectivity index (χ2v) is 4.94. The van der Waals surface area contributed by atoms with Gasteiger partial charge in [-0.25, -0.2) is 0 Å². The maximum atomic E-state index is 2.42. The van der Waals surface area contributed by atoms with Crippen molar-refractivity contribution in [2.45, 2.75) is 53.4 Å². The quantitative estimate of drug-likeness (QED) is 0.592. The first-order valence-electron chi connectivity index (χ1n) is 5.65. The molecule has 0 aromatic heterocycles. The molecule has 0 amide bonds. The summed E-state index contributed by atoms with van der Waals surface area (Å²) in [6.07, 6.45) is 5.77. The summed E-state index contributed by atoms with van der Waals surface area (Å²) < 4.78 is 0. The van der Waals surface area contributed by atoms with Gasteiger partial charge in [-0.1, -0.05) is 40.5 Å². The van der Waals surface area contributed by atoms with Crippen molar-refractivity contribution < 1.29 is 0 Å². The van der Waals surface area contributed by atoms with Crippen LogP contribution in [-0.4, -0.2) is 0 Å². The highest BCUT2D eigenvalue weighted by Crippen LogP contribution is 2.43. The lowest BCUT2D eigenvalue weighted by Gasteiger charge is -2.41. The van der Waals surface area contributed by atoms with Crippen LogP contribution in [0.3, 0.4) is 0 Å². The molecule has 1 fully saturated rings. The van der Waals surface area contributed by atoms with Gasteiger partial charge in [-0.15, -0.1) is 0 Å². The molecule has 0 saturated heterocycles. The Morgan fingerprint density at radius 1 is 1.25 bits per heavy atom. The Kier molecular flexibility index (Phi) is 3.61. The smallest absolute Gasteiger partial charge is 0.0362 e. The lowest BCUT2D eigenvalue weighted by Crippen LogP contribution is -2.32. The standard InChI is InChI=1S/C12H24/c1-5-9(2)6-7-12-10(3)8-11(12)4/h9-12H,5-8H2,1-4H3. The van der Waals surface area contributed by atoms with Crippen LogP contribution in [0, 0.1) is 23.7 Å². The van der Waals surface area contributed by atoms with Crippen LogP contribution in [0.2, 0.25) is 0 Å². The van der Waals surface area contributed by atoms with Gasteiger partial charge in [0.05, 0.1) is 0 Å². The molecule has 72 valence electrons. The minimum absolute atomic E-state index is 0.949. The van der Waals surface area contributed by atoms with Gasteiger partial charge >= 0.3 is 0 Å². The molecule has 0 N–H and O–H groups in total. The third-order valence-electron chi connectivity index (χ3n) is 3.90. The first kappa shape index (κ1) is 10.1. The molecule has 12 heavy (non-hydrogen) atoms. The SMILES string of the molecule is CCC(C)CCC1C(C)CC1C. The maximum Gasteiger partial charge on any atom is -0.0362 e. The van der Waals surface area contributed by atoms with Gasteiger partial charge in [0.2, 0.25) is 0 Å². The number of rotatable bonds is 4. The highest BCUT2D eigenvalue weighted by atomic mass is 14.4. The van der Waals surface area contributed by atoms with E-state index in [0.29, 0.717) is 0 Å². The van der Waals surface area contributed by atoms with E-state index in [9.17, 15) is 0 Å². The van der Waals surface area contributed by atoms with Crippen molar-refractivity contribution in [3.05, 3.63) is 0 Å². The van der Waals surface area contributed by atoms with Gasteiger partial charge in [0.25, 0.3) is 0 Å². The summed E-state index contributed by atoms with van der Waals surface area (Å²) in [5.74, 6) is 4.04. The van der Waals surface area contributed by atoms with Crippen molar-refractivity contribution in [3.8, 4) is 0 Å². The Morgan fingerprint density at radius 3 is 2.25 bits per heavy atom. The molecule has 0 aromatic carbocycles. The van der Waals surface area contributed by atoms with E-state index >= 15 is 0 Å². The van der Waals surface area contributed by atoms with Gasteiger partial charge in [-0.3, -0.25) is 0 Å². The predicted octanol–water partition coefficient (Wildman–Crippen LogP) is 4.10. The minimum atomic E-state index is 0.949. The van der Waals surface area contributed by atoms with E-state index in [-0.39, 0.29) is 0 Å². The van der Waals surface area contributed by atoms with Crippen molar-refractivity contribution >= 4 is 0 Å². The van der Waals surface area contributed by atoms with Crippen molar-refractivity contribution in [1.82, 2.24) is 0 Å². The third-order valence-corrected chi connectivity index (χ3v) is 3.90. The van der Waals surface area contributed by atoms with Crippen molar-refractivity contribution in [1.29, 1.82) is 0 Å². The fourth-order valence-electron chi connectivity index (χ4n) is 2.55. The summed E-state index contributed by atoms with van der Waals surface area (Å²) in [4.78, 5) is 0. The summed E-state index contributed by atoms with van der Waals surface area (Å²) >= 11 is 0. The molecule has 1 aliphatic rings.